The molecule has 1 rings (SSSR count). The Morgan fingerprint density at radius 3 is 2.25 bits per heavy atom. The highest BCUT2D eigenvalue weighted by molar-refractivity contribution is 5.95. The molecule has 1 aromatic rings. The maximum absolute atomic E-state index is 12.8. The van der Waals surface area contributed by atoms with Crippen LogP contribution in [0.3, 0.4) is 0 Å². The minimum atomic E-state index is -4.58. The number of aliphatic hydroxyl groups is 1. The van der Waals surface area contributed by atoms with Crippen molar-refractivity contribution in [2.24, 2.45) is 0 Å². The molecule has 0 aliphatic heterocycles. The van der Waals surface area contributed by atoms with Crippen LogP contribution in [0.1, 0.15) is 42.6 Å². The Hall–Kier alpha value is -1.56. The second-order valence-electron chi connectivity index (χ2n) is 4.66. The summed E-state index contributed by atoms with van der Waals surface area (Å²) in [5, 5.41) is 12.4. The van der Waals surface area contributed by atoms with Crippen LogP contribution in [0.25, 0.3) is 0 Å². The Kier molecular flexibility index (Phi) is 5.16. The highest BCUT2D eigenvalue weighted by Gasteiger charge is 2.35. The SMILES string of the molecule is CCC(O)(CC)CNC(=O)c1ccccc1C(F)(F)F. The molecule has 0 spiro atoms. The summed E-state index contributed by atoms with van der Waals surface area (Å²) in [5.74, 6) is -0.835. The molecule has 0 heterocycles. The molecular weight excluding hydrogens is 271 g/mol. The molecule has 6 heteroatoms. The molecule has 0 bridgehead atoms. The van der Waals surface area contributed by atoms with Crippen molar-refractivity contribution in [3.8, 4) is 0 Å². The van der Waals surface area contributed by atoms with Gasteiger partial charge < -0.3 is 10.4 Å². The van der Waals surface area contributed by atoms with Gasteiger partial charge in [-0.05, 0) is 25.0 Å². The van der Waals surface area contributed by atoms with Gasteiger partial charge in [-0.15, -0.1) is 0 Å². The van der Waals surface area contributed by atoms with Gasteiger partial charge in [-0.2, -0.15) is 13.2 Å². The van der Waals surface area contributed by atoms with Gasteiger partial charge in [0.1, 0.15) is 0 Å². The highest BCUT2D eigenvalue weighted by atomic mass is 19.4. The lowest BCUT2D eigenvalue weighted by Crippen LogP contribution is -2.42. The molecule has 2 N–H and O–H groups in total. The predicted octanol–water partition coefficient (Wildman–Crippen LogP) is 2.99. The summed E-state index contributed by atoms with van der Waals surface area (Å²) in [6, 6.07) is 4.58. The van der Waals surface area contributed by atoms with Crippen LogP contribution in [0.4, 0.5) is 13.2 Å². The molecule has 0 radical (unpaired) electrons. The van der Waals surface area contributed by atoms with Gasteiger partial charge >= 0.3 is 6.18 Å². The maximum atomic E-state index is 12.8. The van der Waals surface area contributed by atoms with Crippen LogP contribution in [0.2, 0.25) is 0 Å². The molecule has 0 saturated heterocycles. The van der Waals surface area contributed by atoms with Crippen molar-refractivity contribution in [1.29, 1.82) is 0 Å². The van der Waals surface area contributed by atoms with Crippen molar-refractivity contribution in [3.63, 3.8) is 0 Å². The van der Waals surface area contributed by atoms with E-state index in [4.69, 9.17) is 0 Å². The Balaban J connectivity index is 2.89. The first kappa shape index (κ1) is 16.5. The summed E-state index contributed by atoms with van der Waals surface area (Å²) in [6.07, 6.45) is -3.77. The van der Waals surface area contributed by atoms with E-state index in [1.807, 2.05) is 0 Å². The van der Waals surface area contributed by atoms with E-state index in [2.05, 4.69) is 5.32 Å². The largest absolute Gasteiger partial charge is 0.417 e. The van der Waals surface area contributed by atoms with E-state index in [-0.39, 0.29) is 6.54 Å². The first-order valence-corrected chi connectivity index (χ1v) is 6.40. The number of carbonyl (C=O) groups is 1. The van der Waals surface area contributed by atoms with Gasteiger partial charge in [-0.3, -0.25) is 4.79 Å². The first-order valence-electron chi connectivity index (χ1n) is 6.40. The van der Waals surface area contributed by atoms with Crippen LogP contribution >= 0.6 is 0 Å². The van der Waals surface area contributed by atoms with E-state index in [9.17, 15) is 23.1 Å². The molecule has 0 unspecified atom stereocenters. The van der Waals surface area contributed by atoms with E-state index in [1.54, 1.807) is 13.8 Å². The summed E-state index contributed by atoms with van der Waals surface area (Å²) in [5.41, 5.74) is -2.51. The molecule has 0 aliphatic rings. The molecule has 20 heavy (non-hydrogen) atoms. The van der Waals surface area contributed by atoms with Crippen molar-refractivity contribution in [2.75, 3.05) is 6.54 Å². The summed E-state index contributed by atoms with van der Waals surface area (Å²) < 4.78 is 38.4. The summed E-state index contributed by atoms with van der Waals surface area (Å²) in [7, 11) is 0. The lowest BCUT2D eigenvalue weighted by atomic mass is 9.97. The molecule has 0 aromatic heterocycles. The molecule has 0 aliphatic carbocycles. The zero-order valence-corrected chi connectivity index (χ0v) is 11.4. The Bertz CT molecular complexity index is 468. The molecule has 112 valence electrons. The third-order valence-electron chi connectivity index (χ3n) is 3.37. The van der Waals surface area contributed by atoms with Gasteiger partial charge in [0, 0.05) is 6.54 Å². The lowest BCUT2D eigenvalue weighted by Gasteiger charge is -2.25. The molecule has 0 atom stereocenters. The van der Waals surface area contributed by atoms with Crippen molar-refractivity contribution in [1.82, 2.24) is 5.32 Å². The average Bonchev–Trinajstić information content (AvgIpc) is 2.43. The maximum Gasteiger partial charge on any atom is 0.417 e. The van der Waals surface area contributed by atoms with E-state index < -0.39 is 28.8 Å². The van der Waals surface area contributed by atoms with Crippen LogP contribution in [0, 0.1) is 0 Å². The fourth-order valence-corrected chi connectivity index (χ4v) is 1.77. The number of benzene rings is 1. The molecule has 3 nitrogen and oxygen atoms in total. The van der Waals surface area contributed by atoms with Crippen LogP contribution in [0.5, 0.6) is 0 Å². The van der Waals surface area contributed by atoms with Gasteiger partial charge in [0.05, 0.1) is 16.7 Å². The normalized spacial score (nSPS) is 12.3. The van der Waals surface area contributed by atoms with E-state index in [1.165, 1.54) is 12.1 Å². The van der Waals surface area contributed by atoms with Crippen LogP contribution in [0.15, 0.2) is 24.3 Å². The second-order valence-corrected chi connectivity index (χ2v) is 4.66. The molecule has 0 fully saturated rings. The number of nitrogens with one attached hydrogen (secondary N) is 1. The molecule has 1 amide bonds. The zero-order chi connectivity index (χ0) is 15.4. The minimum Gasteiger partial charge on any atom is -0.388 e. The van der Waals surface area contributed by atoms with E-state index in [0.29, 0.717) is 12.8 Å². The van der Waals surface area contributed by atoms with E-state index >= 15 is 0 Å². The lowest BCUT2D eigenvalue weighted by molar-refractivity contribution is -0.137. The first-order chi connectivity index (χ1) is 9.23. The predicted molar refractivity (Wildman–Crippen MR) is 69.3 cm³/mol. The monoisotopic (exact) mass is 289 g/mol. The summed E-state index contributed by atoms with van der Waals surface area (Å²) in [6.45, 7) is 3.42. The van der Waals surface area contributed by atoms with Gasteiger partial charge in [-0.25, -0.2) is 0 Å². The minimum absolute atomic E-state index is 0.0783. The number of amides is 1. The molecule has 1 aromatic carbocycles. The smallest absolute Gasteiger partial charge is 0.388 e. The summed E-state index contributed by atoms with van der Waals surface area (Å²) >= 11 is 0. The van der Waals surface area contributed by atoms with Gasteiger partial charge in [0.25, 0.3) is 5.91 Å². The van der Waals surface area contributed by atoms with Crippen molar-refractivity contribution in [3.05, 3.63) is 35.4 Å². The van der Waals surface area contributed by atoms with E-state index in [0.717, 1.165) is 12.1 Å². The number of halogens is 3. The second kappa shape index (κ2) is 6.26. The van der Waals surface area contributed by atoms with Crippen LogP contribution in [-0.2, 0) is 6.18 Å². The highest BCUT2D eigenvalue weighted by Crippen LogP contribution is 2.31. The number of carbonyl (C=O) groups excluding carboxylic acids is 1. The Morgan fingerprint density at radius 2 is 1.75 bits per heavy atom. The van der Waals surface area contributed by atoms with Gasteiger partial charge in [0.15, 0.2) is 0 Å². The van der Waals surface area contributed by atoms with Gasteiger partial charge in [0.2, 0.25) is 0 Å². The molecular formula is C14H18F3NO2. The van der Waals surface area contributed by atoms with Crippen molar-refractivity contribution >= 4 is 5.91 Å². The van der Waals surface area contributed by atoms with Crippen molar-refractivity contribution < 1.29 is 23.1 Å². The number of alkyl halides is 3. The number of hydrogen-bond acceptors (Lipinski definition) is 2. The molecule has 0 saturated carbocycles. The third-order valence-corrected chi connectivity index (χ3v) is 3.37. The quantitative estimate of drug-likeness (QED) is 0.875. The Labute approximate surface area is 115 Å². The number of rotatable bonds is 5. The Morgan fingerprint density at radius 1 is 1.20 bits per heavy atom. The summed E-state index contributed by atoms with van der Waals surface area (Å²) in [4.78, 5) is 11.9. The topological polar surface area (TPSA) is 49.3 Å². The van der Waals surface area contributed by atoms with Gasteiger partial charge in [-0.1, -0.05) is 26.0 Å². The third kappa shape index (κ3) is 3.96. The average molecular weight is 289 g/mol. The fraction of sp³-hybridized carbons (Fsp3) is 0.500. The van der Waals surface area contributed by atoms with Crippen LogP contribution < -0.4 is 5.32 Å². The van der Waals surface area contributed by atoms with Crippen molar-refractivity contribution in [2.45, 2.75) is 38.5 Å². The fourth-order valence-electron chi connectivity index (χ4n) is 1.77. The van der Waals surface area contributed by atoms with Crippen LogP contribution in [-0.4, -0.2) is 23.2 Å². The standard InChI is InChI=1S/C14H18F3NO2/c1-3-13(20,4-2)9-18-12(19)10-7-5-6-8-11(10)14(15,16)17/h5-8,20H,3-4,9H2,1-2H3,(H,18,19). The zero-order valence-electron chi connectivity index (χ0n) is 11.4. The number of hydrogen-bond donors (Lipinski definition) is 2.